The Morgan fingerprint density at radius 1 is 1.54 bits per heavy atom. The number of rotatable bonds is 4. The Morgan fingerprint density at radius 3 is 2.31 bits per heavy atom. The van der Waals surface area contributed by atoms with E-state index in [1.807, 2.05) is 6.92 Å². The first-order chi connectivity index (χ1) is 5.38. The zero-order valence-corrected chi connectivity index (χ0v) is 9.47. The van der Waals surface area contributed by atoms with Crippen LogP contribution in [0.1, 0.15) is 6.92 Å². The summed E-state index contributed by atoms with van der Waals surface area (Å²) >= 11 is 0. The van der Waals surface area contributed by atoms with E-state index < -0.39 is 0 Å². The van der Waals surface area contributed by atoms with Gasteiger partial charge in [0, 0.05) is 6.08 Å². The summed E-state index contributed by atoms with van der Waals surface area (Å²) in [7, 11) is 6.19. The number of nitrogens with zero attached hydrogens (tertiary/aromatic N) is 1. The van der Waals surface area contributed by atoms with Gasteiger partial charge in [0.15, 0.2) is 0 Å². The number of carbonyl (C=O) groups is 1. The topological polar surface area (TPSA) is 26.3 Å². The second-order valence-corrected chi connectivity index (χ2v) is 3.80. The molecule has 0 aromatic heterocycles. The maximum Gasteiger partial charge on any atom is 0.330 e. The van der Waals surface area contributed by atoms with Crippen LogP contribution >= 0.6 is 0 Å². The third-order valence-corrected chi connectivity index (χ3v) is 1.96. The third-order valence-electron chi connectivity index (χ3n) is 1.96. The van der Waals surface area contributed by atoms with Crippen LogP contribution < -0.4 is 12.4 Å². The van der Waals surface area contributed by atoms with Crippen LogP contribution in [0, 0.1) is 0 Å². The molecule has 0 saturated heterocycles. The quantitative estimate of drug-likeness (QED) is 0.298. The van der Waals surface area contributed by atoms with Gasteiger partial charge in [-0.3, -0.25) is 0 Å². The minimum atomic E-state index is -0.352. The predicted octanol–water partition coefficient (Wildman–Crippen LogP) is -2.19. The summed E-state index contributed by atoms with van der Waals surface area (Å²) in [6.07, 6.45) is 1.18. The van der Waals surface area contributed by atoms with E-state index in [1.165, 1.54) is 6.08 Å². The number of halogens is 1. The zero-order valence-electron chi connectivity index (χ0n) is 8.71. The number of esters is 1. The van der Waals surface area contributed by atoms with Gasteiger partial charge in [-0.1, -0.05) is 6.58 Å². The number of ether oxygens (including phenoxy) is 1. The summed E-state index contributed by atoms with van der Waals surface area (Å²) in [5.74, 6) is -0.352. The van der Waals surface area contributed by atoms with Gasteiger partial charge in [-0.05, 0) is 6.92 Å². The lowest BCUT2D eigenvalue weighted by molar-refractivity contribution is -0.894. The van der Waals surface area contributed by atoms with Crippen molar-refractivity contribution in [1.82, 2.24) is 0 Å². The first-order valence-electron chi connectivity index (χ1n) is 3.98. The number of quaternary nitrogens is 1. The Hall–Kier alpha value is -0.540. The Bertz CT molecular complexity index is 175. The first kappa shape index (κ1) is 15.0. The highest BCUT2D eigenvalue weighted by atomic mass is 35.5. The molecular weight excluding hydrogens is 190 g/mol. The molecule has 0 rings (SSSR count). The van der Waals surface area contributed by atoms with Crippen molar-refractivity contribution in [2.45, 2.75) is 13.0 Å². The van der Waals surface area contributed by atoms with Crippen LogP contribution in [0.15, 0.2) is 12.7 Å². The van der Waals surface area contributed by atoms with Crippen molar-refractivity contribution in [3.05, 3.63) is 12.7 Å². The van der Waals surface area contributed by atoms with Gasteiger partial charge in [0.2, 0.25) is 0 Å². The van der Waals surface area contributed by atoms with Crippen molar-refractivity contribution >= 4 is 5.97 Å². The Morgan fingerprint density at radius 2 is 2.00 bits per heavy atom. The highest BCUT2D eigenvalue weighted by Crippen LogP contribution is 2.02. The largest absolute Gasteiger partial charge is 1.00 e. The van der Waals surface area contributed by atoms with Gasteiger partial charge < -0.3 is 21.6 Å². The predicted molar refractivity (Wildman–Crippen MR) is 48.7 cm³/mol. The van der Waals surface area contributed by atoms with Crippen molar-refractivity contribution in [2.75, 3.05) is 27.7 Å². The number of hydrogen-bond acceptors (Lipinski definition) is 2. The van der Waals surface area contributed by atoms with Crippen LogP contribution in [0.3, 0.4) is 0 Å². The summed E-state index contributed by atoms with van der Waals surface area (Å²) < 4.78 is 5.69. The van der Waals surface area contributed by atoms with Gasteiger partial charge in [-0.15, -0.1) is 0 Å². The van der Waals surface area contributed by atoms with Crippen LogP contribution in [0.2, 0.25) is 0 Å². The van der Waals surface area contributed by atoms with Crippen molar-refractivity contribution in [3.8, 4) is 0 Å². The smallest absolute Gasteiger partial charge is 0.330 e. The molecule has 0 aliphatic carbocycles. The highest BCUT2D eigenvalue weighted by molar-refractivity contribution is 5.81. The van der Waals surface area contributed by atoms with E-state index in [9.17, 15) is 4.79 Å². The minimum Gasteiger partial charge on any atom is -1.00 e. The standard InChI is InChI=1S/C9H18NO2.ClH/c1-6-9(11)12-7-8(2)10(3,4)5;/h6,8H,1,7H2,2-5H3;1H/q+1;/p-1. The maximum absolute atomic E-state index is 10.7. The molecule has 0 aromatic rings. The fraction of sp³-hybridized carbons (Fsp3) is 0.667. The molecule has 0 fully saturated rings. The van der Waals surface area contributed by atoms with Crippen LogP contribution in [-0.4, -0.2) is 44.2 Å². The molecular formula is C9H18ClNO2. The Kier molecular flexibility index (Phi) is 6.90. The lowest BCUT2D eigenvalue weighted by Crippen LogP contribution is -3.00. The molecule has 0 heterocycles. The lowest BCUT2D eigenvalue weighted by Gasteiger charge is -2.30. The SMILES string of the molecule is C=CC(=O)OCC(C)[N+](C)(C)C.[Cl-]. The molecule has 0 bridgehead atoms. The van der Waals surface area contributed by atoms with Crippen LogP contribution in [0.5, 0.6) is 0 Å². The van der Waals surface area contributed by atoms with Crippen LogP contribution in [0.4, 0.5) is 0 Å². The van der Waals surface area contributed by atoms with E-state index in [2.05, 4.69) is 27.7 Å². The number of likely N-dealkylation sites (N-methyl/N-ethyl adjacent to an activating group) is 1. The molecule has 1 atom stereocenters. The summed E-state index contributed by atoms with van der Waals surface area (Å²) in [5, 5.41) is 0. The third kappa shape index (κ3) is 6.61. The van der Waals surface area contributed by atoms with E-state index >= 15 is 0 Å². The zero-order chi connectivity index (χ0) is 9.78. The maximum atomic E-state index is 10.7. The Balaban J connectivity index is 0. The summed E-state index contributed by atoms with van der Waals surface area (Å²) in [5.41, 5.74) is 0. The second kappa shape index (κ2) is 6.00. The molecule has 13 heavy (non-hydrogen) atoms. The van der Waals surface area contributed by atoms with Crippen molar-refractivity contribution in [1.29, 1.82) is 0 Å². The molecule has 0 radical (unpaired) electrons. The van der Waals surface area contributed by atoms with Crippen molar-refractivity contribution < 1.29 is 26.4 Å². The first-order valence-corrected chi connectivity index (χ1v) is 3.98. The van der Waals surface area contributed by atoms with Gasteiger partial charge in [0.1, 0.15) is 12.6 Å². The van der Waals surface area contributed by atoms with E-state index in [-0.39, 0.29) is 18.4 Å². The molecule has 0 spiro atoms. The second-order valence-electron chi connectivity index (χ2n) is 3.80. The van der Waals surface area contributed by atoms with Crippen molar-refractivity contribution in [2.24, 2.45) is 0 Å². The molecule has 78 valence electrons. The van der Waals surface area contributed by atoms with Gasteiger partial charge in [0.05, 0.1) is 21.1 Å². The lowest BCUT2D eigenvalue weighted by atomic mass is 10.3. The average Bonchev–Trinajstić information content (AvgIpc) is 1.97. The van der Waals surface area contributed by atoms with Gasteiger partial charge in [-0.2, -0.15) is 0 Å². The molecule has 0 aliphatic heterocycles. The average molecular weight is 208 g/mol. The van der Waals surface area contributed by atoms with Gasteiger partial charge >= 0.3 is 5.97 Å². The number of hydrogen-bond donors (Lipinski definition) is 0. The fourth-order valence-corrected chi connectivity index (χ4v) is 0.485. The summed E-state index contributed by atoms with van der Waals surface area (Å²) in [6, 6.07) is 0.300. The molecule has 0 aromatic carbocycles. The van der Waals surface area contributed by atoms with Crippen LogP contribution in [0.25, 0.3) is 0 Å². The normalized spacial score (nSPS) is 12.6. The van der Waals surface area contributed by atoms with E-state index in [0.29, 0.717) is 12.6 Å². The van der Waals surface area contributed by atoms with E-state index in [0.717, 1.165) is 4.48 Å². The molecule has 3 nitrogen and oxygen atoms in total. The summed E-state index contributed by atoms with van der Waals surface area (Å²) in [4.78, 5) is 10.7. The Labute approximate surface area is 86.4 Å². The molecule has 0 amide bonds. The molecule has 4 heteroatoms. The van der Waals surface area contributed by atoms with Gasteiger partial charge in [0.25, 0.3) is 0 Å². The van der Waals surface area contributed by atoms with Gasteiger partial charge in [-0.25, -0.2) is 4.79 Å². The van der Waals surface area contributed by atoms with Crippen LogP contribution in [-0.2, 0) is 9.53 Å². The molecule has 0 saturated carbocycles. The number of carbonyl (C=O) groups excluding carboxylic acids is 1. The summed E-state index contributed by atoms with van der Waals surface area (Å²) in [6.45, 7) is 5.80. The highest BCUT2D eigenvalue weighted by Gasteiger charge is 2.19. The van der Waals surface area contributed by atoms with Crippen molar-refractivity contribution in [3.63, 3.8) is 0 Å². The molecule has 0 N–H and O–H groups in total. The minimum absolute atomic E-state index is 0. The van der Waals surface area contributed by atoms with E-state index in [1.54, 1.807) is 0 Å². The fourth-order valence-electron chi connectivity index (χ4n) is 0.485. The van der Waals surface area contributed by atoms with E-state index in [4.69, 9.17) is 4.74 Å². The molecule has 1 unspecified atom stereocenters. The monoisotopic (exact) mass is 207 g/mol. The molecule has 0 aliphatic rings.